The van der Waals surface area contributed by atoms with Crippen molar-refractivity contribution in [1.29, 1.82) is 0 Å². The van der Waals surface area contributed by atoms with Crippen molar-refractivity contribution in [3.63, 3.8) is 0 Å². The number of amidine groups is 1. The number of hydrogen-bond acceptors (Lipinski definition) is 7. The van der Waals surface area contributed by atoms with Gasteiger partial charge in [-0.25, -0.2) is 14.6 Å². The van der Waals surface area contributed by atoms with Crippen LogP contribution >= 0.6 is 11.8 Å². The van der Waals surface area contributed by atoms with E-state index in [-0.39, 0.29) is 24.7 Å². The number of carboxylic acids is 1. The molecule has 1 saturated heterocycles. The summed E-state index contributed by atoms with van der Waals surface area (Å²) in [5, 5.41) is 12.1. The minimum absolute atomic E-state index is 0.113. The highest BCUT2D eigenvalue weighted by Crippen LogP contribution is 2.29. The molecule has 0 bridgehead atoms. The Labute approximate surface area is 176 Å². The molecule has 1 heterocycles. The second kappa shape index (κ2) is 9.75. The zero-order chi connectivity index (χ0) is 21.5. The van der Waals surface area contributed by atoms with Gasteiger partial charge in [0.2, 0.25) is 0 Å². The number of nitrogens with zero attached hydrogens (tertiary/aromatic N) is 1. The fourth-order valence-corrected chi connectivity index (χ4v) is 3.34. The van der Waals surface area contributed by atoms with Crippen molar-refractivity contribution in [2.45, 2.75) is 6.92 Å². The first-order chi connectivity index (χ1) is 14.4. The third-order valence-corrected chi connectivity index (χ3v) is 4.70. The number of carboxylic acid groups (broad SMARTS) is 1. The van der Waals surface area contributed by atoms with Crippen LogP contribution in [0, 0.1) is 0 Å². The van der Waals surface area contributed by atoms with Gasteiger partial charge in [0.15, 0.2) is 11.8 Å². The molecule has 0 aromatic heterocycles. The first-order valence-corrected chi connectivity index (χ1v) is 9.77. The fourth-order valence-electron chi connectivity index (χ4n) is 2.50. The van der Waals surface area contributed by atoms with E-state index in [1.165, 1.54) is 12.1 Å². The lowest BCUT2D eigenvalue weighted by atomic mass is 10.2. The number of benzene rings is 2. The standard InChI is InChI=1S/C21H18N2O6S/c1-2-28-18(24)12-29-16-8-3-5-13(9-16)10-17-19(25)23-21(30-17)22-15-7-4-6-14(11-15)20(26)27/h3-11H,2,12H2,1H3,(H,26,27)(H,22,23,25). The summed E-state index contributed by atoms with van der Waals surface area (Å²) < 4.78 is 10.2. The molecule has 1 fully saturated rings. The van der Waals surface area contributed by atoms with Gasteiger partial charge in [-0.15, -0.1) is 0 Å². The quantitative estimate of drug-likeness (QED) is 0.516. The van der Waals surface area contributed by atoms with E-state index in [9.17, 15) is 14.4 Å². The molecule has 0 saturated carbocycles. The number of ether oxygens (including phenoxy) is 2. The van der Waals surface area contributed by atoms with Gasteiger partial charge in [-0.3, -0.25) is 4.79 Å². The van der Waals surface area contributed by atoms with Gasteiger partial charge in [0.25, 0.3) is 5.91 Å². The van der Waals surface area contributed by atoms with Crippen LogP contribution in [0.5, 0.6) is 5.75 Å². The van der Waals surface area contributed by atoms with E-state index in [2.05, 4.69) is 10.3 Å². The number of rotatable bonds is 7. The van der Waals surface area contributed by atoms with E-state index in [1.54, 1.807) is 49.4 Å². The van der Waals surface area contributed by atoms with Gasteiger partial charge in [-0.2, -0.15) is 0 Å². The predicted molar refractivity (Wildman–Crippen MR) is 113 cm³/mol. The van der Waals surface area contributed by atoms with E-state index in [4.69, 9.17) is 14.6 Å². The number of amides is 1. The van der Waals surface area contributed by atoms with Gasteiger partial charge in [-0.1, -0.05) is 18.2 Å². The van der Waals surface area contributed by atoms with Crippen molar-refractivity contribution in [2.75, 3.05) is 13.2 Å². The lowest BCUT2D eigenvalue weighted by Crippen LogP contribution is -2.19. The largest absolute Gasteiger partial charge is 0.482 e. The second-order valence-corrected chi connectivity index (χ2v) is 7.03. The lowest BCUT2D eigenvalue weighted by molar-refractivity contribution is -0.145. The minimum Gasteiger partial charge on any atom is -0.482 e. The first-order valence-electron chi connectivity index (χ1n) is 8.96. The molecule has 0 radical (unpaired) electrons. The summed E-state index contributed by atoms with van der Waals surface area (Å²) in [6, 6.07) is 13.1. The number of carbonyl (C=O) groups excluding carboxylic acids is 2. The molecular weight excluding hydrogens is 408 g/mol. The Kier molecular flexibility index (Phi) is 6.87. The number of aliphatic imine (C=N–C) groups is 1. The van der Waals surface area contributed by atoms with Crippen molar-refractivity contribution < 1.29 is 29.0 Å². The van der Waals surface area contributed by atoms with Crippen LogP contribution in [-0.4, -0.2) is 41.3 Å². The molecule has 2 aromatic rings. The van der Waals surface area contributed by atoms with E-state index in [1.807, 2.05) is 0 Å². The fraction of sp³-hybridized carbons (Fsp3) is 0.143. The van der Waals surface area contributed by atoms with Crippen LogP contribution in [0.25, 0.3) is 6.08 Å². The molecule has 8 nitrogen and oxygen atoms in total. The SMILES string of the molecule is CCOC(=O)COc1cccc(C=C2SC(=Nc3cccc(C(=O)O)c3)NC2=O)c1. The van der Waals surface area contributed by atoms with E-state index in [0.29, 0.717) is 27.1 Å². The Balaban J connectivity index is 1.72. The Morgan fingerprint density at radius 3 is 2.77 bits per heavy atom. The van der Waals surface area contributed by atoms with Gasteiger partial charge < -0.3 is 19.9 Å². The number of carbonyl (C=O) groups is 3. The van der Waals surface area contributed by atoms with Gasteiger partial charge in [0, 0.05) is 0 Å². The second-order valence-electron chi connectivity index (χ2n) is 6.00. The molecule has 2 N–H and O–H groups in total. The smallest absolute Gasteiger partial charge is 0.344 e. The Morgan fingerprint density at radius 1 is 1.20 bits per heavy atom. The van der Waals surface area contributed by atoms with Gasteiger partial charge in [0.05, 0.1) is 22.8 Å². The first kappa shape index (κ1) is 21.1. The highest BCUT2D eigenvalue weighted by molar-refractivity contribution is 8.18. The molecule has 1 amide bonds. The highest BCUT2D eigenvalue weighted by Gasteiger charge is 2.24. The number of esters is 1. The van der Waals surface area contributed by atoms with Crippen LogP contribution in [0.2, 0.25) is 0 Å². The maximum absolute atomic E-state index is 12.3. The van der Waals surface area contributed by atoms with Gasteiger partial charge in [0.1, 0.15) is 5.75 Å². The van der Waals surface area contributed by atoms with Gasteiger partial charge >= 0.3 is 11.9 Å². The normalized spacial score (nSPS) is 15.8. The molecule has 3 rings (SSSR count). The molecule has 1 aliphatic heterocycles. The average Bonchev–Trinajstić information content (AvgIpc) is 3.05. The van der Waals surface area contributed by atoms with E-state index < -0.39 is 11.9 Å². The molecule has 30 heavy (non-hydrogen) atoms. The summed E-state index contributed by atoms with van der Waals surface area (Å²) in [4.78, 5) is 39.5. The molecular formula is C21H18N2O6S. The van der Waals surface area contributed by atoms with Crippen LogP contribution in [-0.2, 0) is 14.3 Å². The number of nitrogens with one attached hydrogen (secondary N) is 1. The van der Waals surface area contributed by atoms with Crippen LogP contribution in [0.15, 0.2) is 58.4 Å². The Morgan fingerprint density at radius 2 is 2.00 bits per heavy atom. The van der Waals surface area contributed by atoms with Crippen LogP contribution in [0.1, 0.15) is 22.8 Å². The monoisotopic (exact) mass is 426 g/mol. The molecule has 2 aromatic carbocycles. The maximum Gasteiger partial charge on any atom is 0.344 e. The summed E-state index contributed by atoms with van der Waals surface area (Å²) in [7, 11) is 0. The lowest BCUT2D eigenvalue weighted by Gasteiger charge is -2.06. The number of hydrogen-bond donors (Lipinski definition) is 2. The summed E-state index contributed by atoms with van der Waals surface area (Å²) >= 11 is 1.14. The van der Waals surface area contributed by atoms with E-state index in [0.717, 1.165) is 11.8 Å². The van der Waals surface area contributed by atoms with Crippen molar-refractivity contribution in [3.8, 4) is 5.75 Å². The van der Waals surface area contributed by atoms with Crippen LogP contribution in [0.4, 0.5) is 5.69 Å². The van der Waals surface area contributed by atoms with Crippen LogP contribution in [0.3, 0.4) is 0 Å². The summed E-state index contributed by atoms with van der Waals surface area (Å²) in [5.41, 5.74) is 1.25. The molecule has 154 valence electrons. The number of thioether (sulfide) groups is 1. The zero-order valence-corrected chi connectivity index (χ0v) is 16.8. The number of aromatic carboxylic acids is 1. The van der Waals surface area contributed by atoms with Crippen molar-refractivity contribution in [3.05, 3.63) is 64.6 Å². The average molecular weight is 426 g/mol. The Bertz CT molecular complexity index is 1050. The topological polar surface area (TPSA) is 114 Å². The highest BCUT2D eigenvalue weighted by atomic mass is 32.2. The molecule has 0 spiro atoms. The third kappa shape index (κ3) is 5.71. The van der Waals surface area contributed by atoms with Crippen molar-refractivity contribution in [1.82, 2.24) is 5.32 Å². The predicted octanol–water partition coefficient (Wildman–Crippen LogP) is 3.22. The molecule has 9 heteroatoms. The molecule has 0 aliphatic carbocycles. The molecule has 0 atom stereocenters. The van der Waals surface area contributed by atoms with Gasteiger partial charge in [-0.05, 0) is 60.7 Å². The van der Waals surface area contributed by atoms with E-state index >= 15 is 0 Å². The minimum atomic E-state index is -1.05. The third-order valence-electron chi connectivity index (χ3n) is 3.79. The molecule has 0 unspecified atom stereocenters. The van der Waals surface area contributed by atoms with Crippen molar-refractivity contribution >= 4 is 46.5 Å². The zero-order valence-electron chi connectivity index (χ0n) is 16.0. The summed E-state index contributed by atoms with van der Waals surface area (Å²) in [6.07, 6.45) is 1.67. The molecule has 1 aliphatic rings. The summed E-state index contributed by atoms with van der Waals surface area (Å²) in [5.74, 6) is -1.35. The maximum atomic E-state index is 12.3. The van der Waals surface area contributed by atoms with Crippen LogP contribution < -0.4 is 10.1 Å². The summed E-state index contributed by atoms with van der Waals surface area (Å²) in [6.45, 7) is 1.80. The Hall–Kier alpha value is -3.59. The van der Waals surface area contributed by atoms with Crippen molar-refractivity contribution in [2.24, 2.45) is 4.99 Å².